The van der Waals surface area contributed by atoms with Gasteiger partial charge in [-0.25, -0.2) is 4.98 Å². The molecular weight excluding hydrogens is 306 g/mol. The Bertz CT molecular complexity index is 795. The zero-order chi connectivity index (χ0) is 14.7. The van der Waals surface area contributed by atoms with E-state index in [4.69, 9.17) is 11.6 Å². The number of nitrogens with zero attached hydrogens (tertiary/aromatic N) is 1. The fourth-order valence-electron chi connectivity index (χ4n) is 2.10. The van der Waals surface area contributed by atoms with Crippen molar-refractivity contribution in [2.75, 3.05) is 6.54 Å². The number of hydrogen-bond donors (Lipinski definition) is 2. The lowest BCUT2D eigenvalue weighted by Gasteiger charge is -2.05. The predicted octanol–water partition coefficient (Wildman–Crippen LogP) is 2.97. The van der Waals surface area contributed by atoms with Gasteiger partial charge in [0.15, 0.2) is 0 Å². The molecule has 2 heterocycles. The number of hydrogen-bond acceptors (Lipinski definition) is 4. The summed E-state index contributed by atoms with van der Waals surface area (Å²) in [6.45, 7) is 1.36. The molecule has 3 aromatic rings. The summed E-state index contributed by atoms with van der Waals surface area (Å²) in [5.74, 6) is 0.669. The molecular formula is C15H14ClN3OS. The van der Waals surface area contributed by atoms with Crippen molar-refractivity contribution in [1.82, 2.24) is 15.3 Å². The van der Waals surface area contributed by atoms with E-state index in [0.29, 0.717) is 17.1 Å². The highest BCUT2D eigenvalue weighted by Crippen LogP contribution is 2.13. The molecule has 3 rings (SSSR count). The average molecular weight is 320 g/mol. The standard InChI is InChI=1S/C15H14ClN3OS/c16-11-3-1-10(2-4-11)5-7-17-9-13-18-12-6-8-21-14(12)15(20)19-13/h1-4,6,8,17H,5,7,9H2,(H,18,19,20). The van der Waals surface area contributed by atoms with E-state index in [0.717, 1.165) is 23.5 Å². The average Bonchev–Trinajstić information content (AvgIpc) is 2.94. The van der Waals surface area contributed by atoms with Crippen molar-refractivity contribution in [3.63, 3.8) is 0 Å². The molecule has 2 N–H and O–H groups in total. The van der Waals surface area contributed by atoms with Gasteiger partial charge in [-0.05, 0) is 42.1 Å². The first-order valence-electron chi connectivity index (χ1n) is 6.64. The van der Waals surface area contributed by atoms with Gasteiger partial charge in [-0.3, -0.25) is 4.79 Å². The summed E-state index contributed by atoms with van der Waals surface area (Å²) in [4.78, 5) is 19.1. The summed E-state index contributed by atoms with van der Waals surface area (Å²) in [6.07, 6.45) is 0.905. The summed E-state index contributed by atoms with van der Waals surface area (Å²) >= 11 is 7.26. The molecule has 0 amide bonds. The van der Waals surface area contributed by atoms with Crippen LogP contribution in [0.1, 0.15) is 11.4 Å². The molecule has 0 aliphatic heterocycles. The lowest BCUT2D eigenvalue weighted by Crippen LogP contribution is -2.21. The Hall–Kier alpha value is -1.69. The smallest absolute Gasteiger partial charge is 0.268 e. The van der Waals surface area contributed by atoms with Gasteiger partial charge in [-0.2, -0.15) is 0 Å². The summed E-state index contributed by atoms with van der Waals surface area (Å²) < 4.78 is 0.680. The van der Waals surface area contributed by atoms with Crippen LogP contribution in [0.15, 0.2) is 40.5 Å². The van der Waals surface area contributed by atoms with E-state index >= 15 is 0 Å². The number of fused-ring (bicyclic) bond motifs is 1. The zero-order valence-electron chi connectivity index (χ0n) is 11.2. The molecule has 0 saturated carbocycles. The van der Waals surface area contributed by atoms with E-state index in [1.165, 1.54) is 16.9 Å². The number of halogens is 1. The van der Waals surface area contributed by atoms with Gasteiger partial charge >= 0.3 is 0 Å². The van der Waals surface area contributed by atoms with Crippen molar-refractivity contribution >= 4 is 33.2 Å². The number of nitrogens with one attached hydrogen (secondary N) is 2. The minimum atomic E-state index is -0.0653. The Kier molecular flexibility index (Phi) is 4.34. The number of thiophene rings is 1. The van der Waals surface area contributed by atoms with Crippen molar-refractivity contribution in [1.29, 1.82) is 0 Å². The van der Waals surface area contributed by atoms with Crippen molar-refractivity contribution in [3.05, 3.63) is 62.5 Å². The van der Waals surface area contributed by atoms with E-state index in [2.05, 4.69) is 15.3 Å². The van der Waals surface area contributed by atoms with E-state index < -0.39 is 0 Å². The Labute approximate surface area is 130 Å². The third kappa shape index (κ3) is 3.50. The molecule has 0 atom stereocenters. The maximum atomic E-state index is 11.8. The zero-order valence-corrected chi connectivity index (χ0v) is 12.8. The second-order valence-corrected chi connectivity index (χ2v) is 6.05. The van der Waals surface area contributed by atoms with Crippen molar-refractivity contribution in [2.24, 2.45) is 0 Å². The highest BCUT2D eigenvalue weighted by atomic mass is 35.5. The maximum Gasteiger partial charge on any atom is 0.268 e. The fourth-order valence-corrected chi connectivity index (χ4v) is 2.95. The molecule has 0 saturated heterocycles. The molecule has 4 nitrogen and oxygen atoms in total. The molecule has 1 aromatic carbocycles. The molecule has 0 fully saturated rings. The van der Waals surface area contributed by atoms with Crippen LogP contribution in [0.4, 0.5) is 0 Å². The largest absolute Gasteiger partial charge is 0.310 e. The topological polar surface area (TPSA) is 57.8 Å². The van der Waals surface area contributed by atoms with Crippen molar-refractivity contribution in [2.45, 2.75) is 13.0 Å². The number of H-pyrrole nitrogens is 1. The molecule has 0 radical (unpaired) electrons. The number of aromatic nitrogens is 2. The van der Waals surface area contributed by atoms with E-state index in [1.54, 1.807) is 0 Å². The maximum absolute atomic E-state index is 11.8. The van der Waals surface area contributed by atoms with Crippen LogP contribution < -0.4 is 10.9 Å². The predicted molar refractivity (Wildman–Crippen MR) is 87.1 cm³/mol. The van der Waals surface area contributed by atoms with E-state index in [1.807, 2.05) is 35.7 Å². The van der Waals surface area contributed by atoms with Gasteiger partial charge in [0.2, 0.25) is 0 Å². The van der Waals surface area contributed by atoms with E-state index in [9.17, 15) is 4.79 Å². The first kappa shape index (κ1) is 14.3. The highest BCUT2D eigenvalue weighted by molar-refractivity contribution is 7.17. The van der Waals surface area contributed by atoms with Gasteiger partial charge in [-0.15, -0.1) is 11.3 Å². The molecule has 21 heavy (non-hydrogen) atoms. The Morgan fingerprint density at radius 1 is 1.24 bits per heavy atom. The minimum absolute atomic E-state index is 0.0653. The Balaban J connectivity index is 1.57. The number of aromatic amines is 1. The first-order chi connectivity index (χ1) is 10.2. The van der Waals surface area contributed by atoms with Gasteiger partial charge in [0, 0.05) is 5.02 Å². The third-order valence-electron chi connectivity index (χ3n) is 3.16. The summed E-state index contributed by atoms with van der Waals surface area (Å²) in [5, 5.41) is 5.91. The van der Waals surface area contributed by atoms with Crippen LogP contribution in [0.5, 0.6) is 0 Å². The van der Waals surface area contributed by atoms with E-state index in [-0.39, 0.29) is 5.56 Å². The second-order valence-electron chi connectivity index (χ2n) is 4.70. The summed E-state index contributed by atoms with van der Waals surface area (Å²) in [6, 6.07) is 9.68. The first-order valence-corrected chi connectivity index (χ1v) is 7.90. The normalized spacial score (nSPS) is 11.1. The molecule has 0 aliphatic rings. The lowest BCUT2D eigenvalue weighted by atomic mass is 10.1. The SMILES string of the molecule is O=c1[nH]c(CNCCc2ccc(Cl)cc2)nc2ccsc12. The number of rotatable bonds is 5. The van der Waals surface area contributed by atoms with Gasteiger partial charge in [-0.1, -0.05) is 23.7 Å². The van der Waals surface area contributed by atoms with Crippen LogP contribution in [0.25, 0.3) is 10.2 Å². The fraction of sp³-hybridized carbons (Fsp3) is 0.200. The third-order valence-corrected chi connectivity index (χ3v) is 4.31. The Morgan fingerprint density at radius 3 is 2.86 bits per heavy atom. The summed E-state index contributed by atoms with van der Waals surface area (Å²) in [7, 11) is 0. The molecule has 6 heteroatoms. The van der Waals surface area contributed by atoms with Crippen LogP contribution in [-0.4, -0.2) is 16.5 Å². The van der Waals surface area contributed by atoms with Crippen LogP contribution in [-0.2, 0) is 13.0 Å². The van der Waals surface area contributed by atoms with Crippen molar-refractivity contribution < 1.29 is 0 Å². The Morgan fingerprint density at radius 2 is 2.05 bits per heavy atom. The summed E-state index contributed by atoms with van der Waals surface area (Å²) in [5.41, 5.74) is 1.92. The molecule has 0 unspecified atom stereocenters. The highest BCUT2D eigenvalue weighted by Gasteiger charge is 2.04. The second kappa shape index (κ2) is 6.39. The number of benzene rings is 1. The van der Waals surface area contributed by atoms with Gasteiger partial charge in [0.05, 0.1) is 12.1 Å². The van der Waals surface area contributed by atoms with Gasteiger partial charge in [0.1, 0.15) is 10.5 Å². The molecule has 108 valence electrons. The van der Waals surface area contributed by atoms with Crippen LogP contribution >= 0.6 is 22.9 Å². The quantitative estimate of drug-likeness (QED) is 0.711. The van der Waals surface area contributed by atoms with Crippen LogP contribution in [0, 0.1) is 0 Å². The molecule has 0 bridgehead atoms. The van der Waals surface area contributed by atoms with Crippen molar-refractivity contribution in [3.8, 4) is 0 Å². The monoisotopic (exact) mass is 319 g/mol. The van der Waals surface area contributed by atoms with Gasteiger partial charge < -0.3 is 10.3 Å². The van der Waals surface area contributed by atoms with Crippen LogP contribution in [0.3, 0.4) is 0 Å². The molecule has 0 spiro atoms. The lowest BCUT2D eigenvalue weighted by molar-refractivity contribution is 0.660. The van der Waals surface area contributed by atoms with Gasteiger partial charge in [0.25, 0.3) is 5.56 Å². The van der Waals surface area contributed by atoms with Crippen LogP contribution in [0.2, 0.25) is 5.02 Å². The molecule has 2 aromatic heterocycles. The molecule has 0 aliphatic carbocycles. The minimum Gasteiger partial charge on any atom is -0.310 e.